The molecular formula is C13H20. The van der Waals surface area contributed by atoms with Crippen LogP contribution >= 0.6 is 0 Å². The molecule has 0 N–H and O–H groups in total. The van der Waals surface area contributed by atoms with Crippen molar-refractivity contribution < 1.29 is 0 Å². The lowest BCUT2D eigenvalue weighted by Gasteiger charge is -2.25. The van der Waals surface area contributed by atoms with Crippen LogP contribution in [-0.2, 0) is 0 Å². The van der Waals surface area contributed by atoms with Gasteiger partial charge in [-0.2, -0.15) is 0 Å². The number of allylic oxidation sites excluding steroid dienone is 4. The SMILES string of the molecule is CC(C)C1=CC2=C(CCCC2)CC1. The summed E-state index contributed by atoms with van der Waals surface area (Å²) in [6, 6.07) is 0. The lowest BCUT2D eigenvalue weighted by atomic mass is 9.81. The molecule has 0 heteroatoms. The van der Waals surface area contributed by atoms with Crippen LogP contribution in [0.3, 0.4) is 0 Å². The minimum absolute atomic E-state index is 0.760. The molecule has 0 unspecified atom stereocenters. The van der Waals surface area contributed by atoms with Gasteiger partial charge < -0.3 is 0 Å². The Hall–Kier alpha value is -0.520. The highest BCUT2D eigenvalue weighted by molar-refractivity contribution is 5.35. The van der Waals surface area contributed by atoms with E-state index >= 15 is 0 Å². The van der Waals surface area contributed by atoms with Crippen LogP contribution in [0.5, 0.6) is 0 Å². The molecule has 0 nitrogen and oxygen atoms in total. The first-order chi connectivity index (χ1) is 6.27. The van der Waals surface area contributed by atoms with E-state index in [0.29, 0.717) is 0 Å². The van der Waals surface area contributed by atoms with Crippen LogP contribution in [0.1, 0.15) is 52.4 Å². The first-order valence-corrected chi connectivity index (χ1v) is 5.68. The minimum Gasteiger partial charge on any atom is -0.0671 e. The maximum absolute atomic E-state index is 2.50. The molecule has 13 heavy (non-hydrogen) atoms. The Labute approximate surface area is 81.7 Å². The summed E-state index contributed by atoms with van der Waals surface area (Å²) in [5.74, 6) is 0.760. The molecule has 0 aromatic carbocycles. The maximum atomic E-state index is 2.50. The molecule has 0 saturated carbocycles. The Morgan fingerprint density at radius 2 is 1.77 bits per heavy atom. The van der Waals surface area contributed by atoms with Gasteiger partial charge in [0.05, 0.1) is 0 Å². The molecule has 0 heterocycles. The van der Waals surface area contributed by atoms with Crippen LogP contribution in [0.4, 0.5) is 0 Å². The third-order valence-corrected chi connectivity index (χ3v) is 3.45. The van der Waals surface area contributed by atoms with Crippen LogP contribution in [0.15, 0.2) is 22.8 Å². The van der Waals surface area contributed by atoms with Gasteiger partial charge in [-0.1, -0.05) is 31.1 Å². The number of hydrogen-bond acceptors (Lipinski definition) is 0. The van der Waals surface area contributed by atoms with Gasteiger partial charge in [-0.15, -0.1) is 0 Å². The van der Waals surface area contributed by atoms with E-state index in [-0.39, 0.29) is 0 Å². The van der Waals surface area contributed by atoms with Gasteiger partial charge in [0, 0.05) is 0 Å². The lowest BCUT2D eigenvalue weighted by molar-refractivity contribution is 0.617. The summed E-state index contributed by atoms with van der Waals surface area (Å²) in [6.45, 7) is 4.64. The first-order valence-electron chi connectivity index (χ1n) is 5.68. The van der Waals surface area contributed by atoms with Crippen molar-refractivity contribution in [3.8, 4) is 0 Å². The molecule has 2 aliphatic carbocycles. The molecule has 2 aliphatic rings. The summed E-state index contributed by atoms with van der Waals surface area (Å²) in [6.07, 6.45) is 10.8. The summed E-state index contributed by atoms with van der Waals surface area (Å²) in [7, 11) is 0. The van der Waals surface area contributed by atoms with Gasteiger partial charge in [-0.3, -0.25) is 0 Å². The molecule has 0 aromatic rings. The van der Waals surface area contributed by atoms with E-state index < -0.39 is 0 Å². The molecule has 72 valence electrons. The second-order valence-electron chi connectivity index (χ2n) is 4.71. The summed E-state index contributed by atoms with van der Waals surface area (Å²) in [4.78, 5) is 0. The fraction of sp³-hybridized carbons (Fsp3) is 0.692. The van der Waals surface area contributed by atoms with Crippen LogP contribution in [0, 0.1) is 5.92 Å². The van der Waals surface area contributed by atoms with Crippen molar-refractivity contribution in [2.24, 2.45) is 5.92 Å². The van der Waals surface area contributed by atoms with Crippen molar-refractivity contribution in [3.05, 3.63) is 22.8 Å². The predicted molar refractivity (Wildman–Crippen MR) is 57.6 cm³/mol. The van der Waals surface area contributed by atoms with E-state index in [1.807, 2.05) is 0 Å². The van der Waals surface area contributed by atoms with Crippen LogP contribution in [-0.4, -0.2) is 0 Å². The molecule has 2 rings (SSSR count). The van der Waals surface area contributed by atoms with Gasteiger partial charge in [-0.25, -0.2) is 0 Å². The number of rotatable bonds is 1. The quantitative estimate of drug-likeness (QED) is 0.560. The summed E-state index contributed by atoms with van der Waals surface area (Å²) in [5, 5.41) is 0. The molecule has 0 aliphatic heterocycles. The average molecular weight is 176 g/mol. The highest BCUT2D eigenvalue weighted by Crippen LogP contribution is 2.36. The lowest BCUT2D eigenvalue weighted by Crippen LogP contribution is -2.07. The molecule has 0 atom stereocenters. The predicted octanol–water partition coefficient (Wildman–Crippen LogP) is 4.23. The van der Waals surface area contributed by atoms with Crippen LogP contribution in [0.2, 0.25) is 0 Å². The molecule has 0 saturated heterocycles. The first kappa shape index (κ1) is 9.05. The zero-order valence-electron chi connectivity index (χ0n) is 8.90. The minimum atomic E-state index is 0.760. The smallest absolute Gasteiger partial charge is 0.0257 e. The van der Waals surface area contributed by atoms with Crippen molar-refractivity contribution in [2.45, 2.75) is 52.4 Å². The molecule has 0 amide bonds. The van der Waals surface area contributed by atoms with Crippen molar-refractivity contribution in [2.75, 3.05) is 0 Å². The molecule has 0 radical (unpaired) electrons. The highest BCUT2D eigenvalue weighted by atomic mass is 14.2. The molecule has 0 spiro atoms. The highest BCUT2D eigenvalue weighted by Gasteiger charge is 2.17. The Morgan fingerprint density at radius 1 is 1.00 bits per heavy atom. The fourth-order valence-electron chi connectivity index (χ4n) is 2.50. The summed E-state index contributed by atoms with van der Waals surface area (Å²) in [5.41, 5.74) is 5.15. The molecular weight excluding hydrogens is 156 g/mol. The van der Waals surface area contributed by atoms with Crippen molar-refractivity contribution in [3.63, 3.8) is 0 Å². The van der Waals surface area contributed by atoms with Crippen molar-refractivity contribution in [1.29, 1.82) is 0 Å². The summed E-state index contributed by atoms with van der Waals surface area (Å²) >= 11 is 0. The van der Waals surface area contributed by atoms with E-state index in [4.69, 9.17) is 0 Å². The van der Waals surface area contributed by atoms with Gasteiger partial charge in [0.2, 0.25) is 0 Å². The molecule has 0 fully saturated rings. The van der Waals surface area contributed by atoms with E-state index in [0.717, 1.165) is 5.92 Å². The van der Waals surface area contributed by atoms with Crippen molar-refractivity contribution >= 4 is 0 Å². The molecule has 0 aromatic heterocycles. The largest absolute Gasteiger partial charge is 0.0671 e. The topological polar surface area (TPSA) is 0 Å². The van der Waals surface area contributed by atoms with Gasteiger partial charge in [0.15, 0.2) is 0 Å². The van der Waals surface area contributed by atoms with Crippen LogP contribution in [0.25, 0.3) is 0 Å². The zero-order valence-corrected chi connectivity index (χ0v) is 8.90. The Morgan fingerprint density at radius 3 is 2.54 bits per heavy atom. The average Bonchev–Trinajstić information content (AvgIpc) is 2.17. The van der Waals surface area contributed by atoms with Crippen molar-refractivity contribution in [1.82, 2.24) is 0 Å². The number of hydrogen-bond donors (Lipinski definition) is 0. The van der Waals surface area contributed by atoms with Gasteiger partial charge >= 0.3 is 0 Å². The van der Waals surface area contributed by atoms with E-state index in [9.17, 15) is 0 Å². The summed E-state index contributed by atoms with van der Waals surface area (Å²) < 4.78 is 0. The monoisotopic (exact) mass is 176 g/mol. The Kier molecular flexibility index (Phi) is 2.57. The third kappa shape index (κ3) is 1.87. The standard InChI is InChI=1S/C13H20/c1-10(2)12-8-7-11-5-3-4-6-13(11)9-12/h9-10H,3-8H2,1-2H3. The third-order valence-electron chi connectivity index (χ3n) is 3.45. The maximum Gasteiger partial charge on any atom is -0.0257 e. The Bertz CT molecular complexity index is 253. The van der Waals surface area contributed by atoms with Gasteiger partial charge in [0.25, 0.3) is 0 Å². The van der Waals surface area contributed by atoms with E-state index in [1.54, 1.807) is 16.7 Å². The van der Waals surface area contributed by atoms with Crippen LogP contribution < -0.4 is 0 Å². The second-order valence-corrected chi connectivity index (χ2v) is 4.71. The van der Waals surface area contributed by atoms with Gasteiger partial charge in [0.1, 0.15) is 0 Å². The Balaban J connectivity index is 2.20. The van der Waals surface area contributed by atoms with E-state index in [1.165, 1.54) is 38.5 Å². The molecule has 0 bridgehead atoms. The fourth-order valence-corrected chi connectivity index (χ4v) is 2.50. The second kappa shape index (κ2) is 3.69. The van der Waals surface area contributed by atoms with Gasteiger partial charge in [-0.05, 0) is 50.0 Å². The zero-order chi connectivity index (χ0) is 9.26. The normalized spacial score (nSPS) is 23.2. The van der Waals surface area contributed by atoms with E-state index in [2.05, 4.69) is 19.9 Å².